The SMILES string of the molecule is Cc1nc2ccc(Br)cc2[n+]([O-])n1. The van der Waals surface area contributed by atoms with Gasteiger partial charge in [0, 0.05) is 22.6 Å². The fourth-order valence-electron chi connectivity index (χ4n) is 1.13. The standard InChI is InChI=1S/C8H6BrN3O/c1-5-10-7-3-2-6(9)4-8(7)12(13)11-5/h2-4H,1H3. The van der Waals surface area contributed by atoms with Crippen LogP contribution in [0.25, 0.3) is 11.0 Å². The van der Waals surface area contributed by atoms with Crippen molar-refractivity contribution in [3.8, 4) is 0 Å². The number of benzene rings is 1. The highest BCUT2D eigenvalue weighted by molar-refractivity contribution is 9.10. The quantitative estimate of drug-likeness (QED) is 0.515. The van der Waals surface area contributed by atoms with Gasteiger partial charge in [-0.15, -0.1) is 0 Å². The van der Waals surface area contributed by atoms with Crippen LogP contribution in [0.5, 0.6) is 0 Å². The second kappa shape index (κ2) is 2.92. The molecule has 0 saturated heterocycles. The smallest absolute Gasteiger partial charge is 0.271 e. The van der Waals surface area contributed by atoms with Gasteiger partial charge in [-0.25, -0.2) is 4.98 Å². The molecule has 0 aliphatic heterocycles. The maximum Gasteiger partial charge on any atom is 0.271 e. The molecule has 0 saturated carbocycles. The van der Waals surface area contributed by atoms with Crippen molar-refractivity contribution in [3.05, 3.63) is 33.7 Å². The molecule has 4 nitrogen and oxygen atoms in total. The molecule has 0 aliphatic carbocycles. The molecular formula is C8H6BrN3O. The van der Waals surface area contributed by atoms with E-state index in [9.17, 15) is 5.21 Å². The summed E-state index contributed by atoms with van der Waals surface area (Å²) in [6, 6.07) is 5.32. The van der Waals surface area contributed by atoms with E-state index in [-0.39, 0.29) is 0 Å². The molecule has 0 radical (unpaired) electrons. The lowest BCUT2D eigenvalue weighted by atomic mass is 10.3. The zero-order valence-electron chi connectivity index (χ0n) is 6.86. The summed E-state index contributed by atoms with van der Waals surface area (Å²) in [5.74, 6) is 0.477. The molecule has 0 bridgehead atoms. The van der Waals surface area contributed by atoms with Gasteiger partial charge in [-0.05, 0) is 17.0 Å². The average molecular weight is 240 g/mol. The van der Waals surface area contributed by atoms with E-state index in [2.05, 4.69) is 26.0 Å². The summed E-state index contributed by atoms with van der Waals surface area (Å²) in [4.78, 5) is 4.71. The normalized spacial score (nSPS) is 10.6. The molecule has 66 valence electrons. The minimum absolute atomic E-state index is 0.472. The number of hydrogen-bond donors (Lipinski definition) is 0. The van der Waals surface area contributed by atoms with Crippen molar-refractivity contribution in [1.29, 1.82) is 0 Å². The van der Waals surface area contributed by atoms with Crippen LogP contribution >= 0.6 is 15.9 Å². The van der Waals surface area contributed by atoms with Crippen molar-refractivity contribution in [1.82, 2.24) is 10.1 Å². The number of hydrogen-bond acceptors (Lipinski definition) is 3. The Labute approximate surface area is 82.9 Å². The molecule has 1 aromatic heterocycles. The molecule has 0 spiro atoms. The first-order chi connectivity index (χ1) is 6.16. The van der Waals surface area contributed by atoms with Crippen molar-refractivity contribution in [3.63, 3.8) is 0 Å². The van der Waals surface area contributed by atoms with E-state index >= 15 is 0 Å². The van der Waals surface area contributed by atoms with Gasteiger partial charge >= 0.3 is 0 Å². The number of halogens is 1. The monoisotopic (exact) mass is 239 g/mol. The second-order valence-corrected chi connectivity index (χ2v) is 3.58. The summed E-state index contributed by atoms with van der Waals surface area (Å²) in [5.41, 5.74) is 1.13. The minimum atomic E-state index is 0.472. The largest absolute Gasteiger partial charge is 0.594 e. The number of aryl methyl sites for hydroxylation is 1. The van der Waals surface area contributed by atoms with Gasteiger partial charge in [0.25, 0.3) is 5.52 Å². The molecule has 1 aromatic carbocycles. The molecule has 5 heteroatoms. The zero-order chi connectivity index (χ0) is 9.42. The molecule has 2 rings (SSSR count). The highest BCUT2D eigenvalue weighted by Crippen LogP contribution is 2.14. The first-order valence-electron chi connectivity index (χ1n) is 3.70. The lowest BCUT2D eigenvalue weighted by Crippen LogP contribution is -2.33. The summed E-state index contributed by atoms with van der Waals surface area (Å²) < 4.78 is 0.844. The number of aromatic nitrogens is 3. The number of fused-ring (bicyclic) bond motifs is 1. The van der Waals surface area contributed by atoms with Crippen molar-refractivity contribution >= 4 is 27.0 Å². The summed E-state index contributed by atoms with van der Waals surface area (Å²) in [6.07, 6.45) is 0. The molecule has 0 atom stereocenters. The topological polar surface area (TPSA) is 52.7 Å². The zero-order valence-corrected chi connectivity index (χ0v) is 8.45. The van der Waals surface area contributed by atoms with Gasteiger partial charge in [-0.2, -0.15) is 0 Å². The van der Waals surface area contributed by atoms with Crippen LogP contribution in [-0.4, -0.2) is 10.1 Å². The van der Waals surface area contributed by atoms with Gasteiger partial charge < -0.3 is 5.21 Å². The van der Waals surface area contributed by atoms with E-state index in [1.807, 2.05) is 6.07 Å². The molecule has 2 aromatic rings. The van der Waals surface area contributed by atoms with Crippen molar-refractivity contribution in [2.24, 2.45) is 0 Å². The van der Waals surface area contributed by atoms with Crippen molar-refractivity contribution < 1.29 is 4.85 Å². The third-order valence-electron chi connectivity index (χ3n) is 1.66. The van der Waals surface area contributed by atoms with E-state index in [4.69, 9.17) is 0 Å². The van der Waals surface area contributed by atoms with E-state index in [0.29, 0.717) is 21.7 Å². The Morgan fingerprint density at radius 2 is 2.23 bits per heavy atom. The van der Waals surface area contributed by atoms with Gasteiger partial charge in [0.1, 0.15) is 5.52 Å². The predicted octanol–water partition coefficient (Wildman–Crippen LogP) is 1.33. The van der Waals surface area contributed by atoms with Crippen LogP contribution in [-0.2, 0) is 0 Å². The molecule has 0 unspecified atom stereocenters. The third kappa shape index (κ3) is 1.47. The lowest BCUT2D eigenvalue weighted by Gasteiger charge is -1.99. The van der Waals surface area contributed by atoms with Gasteiger partial charge in [0.15, 0.2) is 5.82 Å². The highest BCUT2D eigenvalue weighted by Gasteiger charge is 2.07. The summed E-state index contributed by atoms with van der Waals surface area (Å²) in [7, 11) is 0. The molecule has 0 N–H and O–H groups in total. The maximum absolute atomic E-state index is 11.3. The number of nitrogens with zero attached hydrogens (tertiary/aromatic N) is 3. The molecule has 0 fully saturated rings. The Morgan fingerprint density at radius 3 is 3.00 bits per heavy atom. The highest BCUT2D eigenvalue weighted by atomic mass is 79.9. The van der Waals surface area contributed by atoms with Gasteiger partial charge in [-0.3, -0.25) is 0 Å². The predicted molar refractivity (Wildman–Crippen MR) is 50.9 cm³/mol. The fraction of sp³-hybridized carbons (Fsp3) is 0.125. The fourth-order valence-corrected chi connectivity index (χ4v) is 1.48. The minimum Gasteiger partial charge on any atom is -0.594 e. The number of rotatable bonds is 0. The first-order valence-corrected chi connectivity index (χ1v) is 4.50. The Bertz CT molecular complexity index is 472. The molecule has 0 aliphatic rings. The Balaban J connectivity index is 2.87. The molecule has 13 heavy (non-hydrogen) atoms. The van der Waals surface area contributed by atoms with Crippen molar-refractivity contribution in [2.45, 2.75) is 6.92 Å². The van der Waals surface area contributed by atoms with Crippen molar-refractivity contribution in [2.75, 3.05) is 0 Å². The van der Waals surface area contributed by atoms with Crippen LogP contribution in [0.1, 0.15) is 5.82 Å². The molecule has 1 heterocycles. The second-order valence-electron chi connectivity index (χ2n) is 2.66. The van der Waals surface area contributed by atoms with Crippen LogP contribution in [0, 0.1) is 12.1 Å². The Kier molecular flexibility index (Phi) is 1.88. The van der Waals surface area contributed by atoms with E-state index in [1.54, 1.807) is 19.1 Å². The Morgan fingerprint density at radius 1 is 1.46 bits per heavy atom. The lowest BCUT2D eigenvalue weighted by molar-refractivity contribution is -0.643. The third-order valence-corrected chi connectivity index (χ3v) is 2.15. The van der Waals surface area contributed by atoms with E-state index < -0.39 is 0 Å². The van der Waals surface area contributed by atoms with Crippen LogP contribution < -0.4 is 4.85 Å². The average Bonchev–Trinajstić information content (AvgIpc) is 2.06. The first kappa shape index (κ1) is 8.37. The van der Waals surface area contributed by atoms with E-state index in [0.717, 1.165) is 4.47 Å². The maximum atomic E-state index is 11.3. The summed E-state index contributed by atoms with van der Waals surface area (Å²) >= 11 is 3.28. The van der Waals surface area contributed by atoms with E-state index in [1.165, 1.54) is 0 Å². The van der Waals surface area contributed by atoms with Crippen LogP contribution in [0.15, 0.2) is 22.7 Å². The molecule has 0 amide bonds. The van der Waals surface area contributed by atoms with Gasteiger partial charge in [-0.1, -0.05) is 15.9 Å². The van der Waals surface area contributed by atoms with Gasteiger partial charge in [0.2, 0.25) is 0 Å². The molecular weight excluding hydrogens is 234 g/mol. The van der Waals surface area contributed by atoms with Crippen LogP contribution in [0.3, 0.4) is 0 Å². The Hall–Kier alpha value is -1.23. The van der Waals surface area contributed by atoms with Crippen LogP contribution in [0.2, 0.25) is 0 Å². The van der Waals surface area contributed by atoms with Gasteiger partial charge in [0.05, 0.1) is 0 Å². The van der Waals surface area contributed by atoms with Crippen LogP contribution in [0.4, 0.5) is 0 Å². The summed E-state index contributed by atoms with van der Waals surface area (Å²) in [6.45, 7) is 1.69. The summed E-state index contributed by atoms with van der Waals surface area (Å²) in [5, 5.41) is 15.0.